The van der Waals surface area contributed by atoms with Crippen molar-refractivity contribution in [2.75, 3.05) is 0 Å². The van der Waals surface area contributed by atoms with Gasteiger partial charge in [0.15, 0.2) is 0 Å². The molecule has 0 aromatic heterocycles. The van der Waals surface area contributed by atoms with Crippen molar-refractivity contribution in [3.63, 3.8) is 0 Å². The number of hydrogen-bond acceptors (Lipinski definition) is 1. The molecule has 0 spiro atoms. The van der Waals surface area contributed by atoms with Crippen molar-refractivity contribution in [2.24, 2.45) is 17.3 Å². The zero-order valence-corrected chi connectivity index (χ0v) is 11.4. The Morgan fingerprint density at radius 1 is 1.44 bits per heavy atom. The summed E-state index contributed by atoms with van der Waals surface area (Å²) in [7, 11) is 0. The van der Waals surface area contributed by atoms with Gasteiger partial charge in [-0.25, -0.2) is 4.39 Å². The van der Waals surface area contributed by atoms with Crippen LogP contribution >= 0.6 is 15.9 Å². The van der Waals surface area contributed by atoms with Crippen LogP contribution in [-0.2, 0) is 11.2 Å². The number of halogens is 2. The zero-order chi connectivity index (χ0) is 12.9. The molecule has 2 aliphatic rings. The highest BCUT2D eigenvalue weighted by atomic mass is 79.9. The number of hydrogen-bond donors (Lipinski definition) is 1. The third-order valence-corrected chi connectivity index (χ3v) is 4.86. The van der Waals surface area contributed by atoms with Crippen molar-refractivity contribution in [2.45, 2.75) is 25.7 Å². The maximum absolute atomic E-state index is 13.8. The summed E-state index contributed by atoms with van der Waals surface area (Å²) in [6, 6.07) is 4.73. The van der Waals surface area contributed by atoms with Crippen LogP contribution < -0.4 is 0 Å². The van der Waals surface area contributed by atoms with Crippen LogP contribution in [0.25, 0.3) is 0 Å². The number of carboxylic acid groups (broad SMARTS) is 1. The van der Waals surface area contributed by atoms with Crippen molar-refractivity contribution >= 4 is 21.9 Å². The number of benzene rings is 1. The Balaban J connectivity index is 1.89. The van der Waals surface area contributed by atoms with Gasteiger partial charge in [0.1, 0.15) is 5.82 Å². The first-order chi connectivity index (χ1) is 8.50. The average molecular weight is 313 g/mol. The van der Waals surface area contributed by atoms with Crippen LogP contribution in [0.15, 0.2) is 22.7 Å². The Labute approximate surface area is 113 Å². The first-order valence-electron chi connectivity index (χ1n) is 6.17. The van der Waals surface area contributed by atoms with E-state index in [0.717, 1.165) is 10.9 Å². The minimum atomic E-state index is -0.769. The lowest BCUT2D eigenvalue weighted by Crippen LogP contribution is -2.32. The summed E-state index contributed by atoms with van der Waals surface area (Å²) in [6.45, 7) is 0. The number of fused-ring (bicyclic) bond motifs is 1. The highest BCUT2D eigenvalue weighted by molar-refractivity contribution is 9.10. The first-order valence-corrected chi connectivity index (χ1v) is 6.97. The molecular weight excluding hydrogens is 299 g/mol. The number of rotatable bonds is 3. The summed E-state index contributed by atoms with van der Waals surface area (Å²) in [4.78, 5) is 11.6. The number of carbonyl (C=O) groups is 1. The quantitative estimate of drug-likeness (QED) is 0.925. The maximum atomic E-state index is 13.8. The molecular formula is C14H14BrFO2. The van der Waals surface area contributed by atoms with Gasteiger partial charge >= 0.3 is 5.97 Å². The lowest BCUT2D eigenvalue weighted by atomic mass is 9.77. The van der Waals surface area contributed by atoms with Gasteiger partial charge in [0, 0.05) is 4.47 Å². The summed E-state index contributed by atoms with van der Waals surface area (Å²) in [5.74, 6) is 0.0566. The SMILES string of the molecule is O=C(O)C1(Cc2cc(Br)ccc2F)CC2CC2C1. The van der Waals surface area contributed by atoms with Crippen LogP contribution in [0.2, 0.25) is 0 Å². The van der Waals surface area contributed by atoms with Gasteiger partial charge in [-0.05, 0) is 61.3 Å². The molecule has 18 heavy (non-hydrogen) atoms. The molecule has 2 unspecified atom stereocenters. The molecule has 0 radical (unpaired) electrons. The Morgan fingerprint density at radius 2 is 2.11 bits per heavy atom. The first kappa shape index (κ1) is 12.2. The smallest absolute Gasteiger partial charge is 0.309 e. The highest BCUT2D eigenvalue weighted by Gasteiger charge is 2.57. The van der Waals surface area contributed by atoms with Crippen molar-refractivity contribution in [1.29, 1.82) is 0 Å². The fraction of sp³-hybridized carbons (Fsp3) is 0.500. The highest BCUT2D eigenvalue weighted by Crippen LogP contribution is 2.61. The molecule has 3 rings (SSSR count). The molecule has 0 aliphatic heterocycles. The molecule has 1 aromatic carbocycles. The minimum absolute atomic E-state index is 0.306. The second kappa shape index (κ2) is 4.05. The van der Waals surface area contributed by atoms with Crippen LogP contribution in [0.5, 0.6) is 0 Å². The predicted molar refractivity (Wildman–Crippen MR) is 68.7 cm³/mol. The average Bonchev–Trinajstić information content (AvgIpc) is 2.92. The van der Waals surface area contributed by atoms with Crippen molar-refractivity contribution in [3.05, 3.63) is 34.1 Å². The topological polar surface area (TPSA) is 37.3 Å². The Morgan fingerprint density at radius 3 is 2.72 bits per heavy atom. The van der Waals surface area contributed by atoms with E-state index in [1.165, 1.54) is 6.07 Å². The molecule has 0 heterocycles. The molecule has 1 aromatic rings. The molecule has 0 amide bonds. The van der Waals surface area contributed by atoms with Crippen molar-refractivity contribution in [1.82, 2.24) is 0 Å². The van der Waals surface area contributed by atoms with E-state index in [1.54, 1.807) is 12.1 Å². The summed E-state index contributed by atoms with van der Waals surface area (Å²) < 4.78 is 14.5. The van der Waals surface area contributed by atoms with E-state index < -0.39 is 11.4 Å². The normalized spacial score (nSPS) is 33.2. The Hall–Kier alpha value is -0.900. The molecule has 2 aliphatic carbocycles. The fourth-order valence-corrected chi connectivity index (χ4v) is 3.74. The largest absolute Gasteiger partial charge is 0.481 e. The fourth-order valence-electron chi connectivity index (χ4n) is 3.34. The van der Waals surface area contributed by atoms with Gasteiger partial charge in [-0.15, -0.1) is 0 Å². The van der Waals surface area contributed by atoms with E-state index in [-0.39, 0.29) is 5.82 Å². The monoisotopic (exact) mass is 312 g/mol. The standard InChI is InChI=1S/C14H14BrFO2/c15-11-1-2-12(16)10(4-11)7-14(13(17)18)5-8-3-9(8)6-14/h1-2,4,8-9H,3,5-7H2,(H,17,18). The van der Waals surface area contributed by atoms with Gasteiger partial charge in [0.25, 0.3) is 0 Å². The summed E-state index contributed by atoms with van der Waals surface area (Å²) >= 11 is 3.31. The predicted octanol–water partition coefficient (Wildman–Crippen LogP) is 3.63. The molecule has 0 saturated heterocycles. The lowest BCUT2D eigenvalue weighted by molar-refractivity contribution is -0.149. The third-order valence-electron chi connectivity index (χ3n) is 4.37. The Bertz CT molecular complexity index is 505. The van der Waals surface area contributed by atoms with Gasteiger partial charge in [0.05, 0.1) is 5.41 Å². The van der Waals surface area contributed by atoms with Gasteiger partial charge in [-0.1, -0.05) is 15.9 Å². The molecule has 4 heteroatoms. The molecule has 2 nitrogen and oxygen atoms in total. The van der Waals surface area contributed by atoms with E-state index in [4.69, 9.17) is 0 Å². The van der Waals surface area contributed by atoms with Crippen LogP contribution in [0.4, 0.5) is 4.39 Å². The number of aliphatic carboxylic acids is 1. The molecule has 2 atom stereocenters. The van der Waals surface area contributed by atoms with Crippen LogP contribution in [0.1, 0.15) is 24.8 Å². The van der Waals surface area contributed by atoms with Gasteiger partial charge < -0.3 is 5.11 Å². The minimum Gasteiger partial charge on any atom is -0.481 e. The van der Waals surface area contributed by atoms with E-state index in [1.807, 2.05) is 0 Å². The number of carboxylic acids is 1. The maximum Gasteiger partial charge on any atom is 0.309 e. The third kappa shape index (κ3) is 1.96. The summed E-state index contributed by atoms with van der Waals surface area (Å²) in [6.07, 6.45) is 2.88. The van der Waals surface area contributed by atoms with E-state index in [2.05, 4.69) is 15.9 Å². The molecule has 2 fully saturated rings. The van der Waals surface area contributed by atoms with Crippen LogP contribution in [0.3, 0.4) is 0 Å². The molecule has 0 bridgehead atoms. The molecule has 1 N–H and O–H groups in total. The van der Waals surface area contributed by atoms with Crippen molar-refractivity contribution in [3.8, 4) is 0 Å². The Kier molecular flexibility index (Phi) is 2.73. The van der Waals surface area contributed by atoms with Gasteiger partial charge in [0.2, 0.25) is 0 Å². The van der Waals surface area contributed by atoms with Gasteiger partial charge in [-0.2, -0.15) is 0 Å². The van der Waals surface area contributed by atoms with E-state index in [9.17, 15) is 14.3 Å². The van der Waals surface area contributed by atoms with Crippen LogP contribution in [0, 0.1) is 23.1 Å². The second-order valence-electron chi connectivity index (χ2n) is 5.66. The zero-order valence-electron chi connectivity index (χ0n) is 9.83. The van der Waals surface area contributed by atoms with E-state index in [0.29, 0.717) is 36.7 Å². The molecule has 96 valence electrons. The summed E-state index contributed by atoms with van der Waals surface area (Å²) in [5.41, 5.74) is -0.233. The van der Waals surface area contributed by atoms with Crippen LogP contribution in [-0.4, -0.2) is 11.1 Å². The lowest BCUT2D eigenvalue weighted by Gasteiger charge is -2.26. The molecule has 2 saturated carbocycles. The van der Waals surface area contributed by atoms with Crippen molar-refractivity contribution < 1.29 is 14.3 Å². The second-order valence-corrected chi connectivity index (χ2v) is 6.58. The van der Waals surface area contributed by atoms with E-state index >= 15 is 0 Å². The summed E-state index contributed by atoms with van der Waals surface area (Å²) in [5, 5.41) is 9.49. The van der Waals surface area contributed by atoms with Gasteiger partial charge in [-0.3, -0.25) is 4.79 Å².